The van der Waals surface area contributed by atoms with Crippen LogP contribution in [0.4, 0.5) is 11.4 Å². The van der Waals surface area contributed by atoms with E-state index < -0.39 is 11.0 Å². The van der Waals surface area contributed by atoms with Gasteiger partial charge in [-0.1, -0.05) is 0 Å². The molecule has 1 rings (SSSR count). The molecule has 7 heteroatoms. The van der Waals surface area contributed by atoms with Crippen LogP contribution in [-0.4, -0.2) is 43.5 Å². The maximum absolute atomic E-state index is 10.7. The van der Waals surface area contributed by atoms with Crippen molar-refractivity contribution in [2.24, 2.45) is 0 Å². The van der Waals surface area contributed by atoms with Crippen LogP contribution in [0, 0.1) is 10.1 Å². The molecule has 0 aromatic heterocycles. The highest BCUT2D eigenvalue weighted by Gasteiger charge is 2.14. The Morgan fingerprint density at radius 2 is 2.21 bits per heavy atom. The van der Waals surface area contributed by atoms with Crippen molar-refractivity contribution in [1.82, 2.24) is 0 Å². The molecule has 0 saturated heterocycles. The van der Waals surface area contributed by atoms with Crippen molar-refractivity contribution in [1.29, 1.82) is 0 Å². The lowest BCUT2D eigenvalue weighted by Crippen LogP contribution is -2.18. The van der Waals surface area contributed by atoms with Gasteiger partial charge in [-0.05, 0) is 12.5 Å². The van der Waals surface area contributed by atoms with E-state index in [1.54, 1.807) is 12.1 Å². The first kappa shape index (κ1) is 15.2. The third-order valence-electron chi connectivity index (χ3n) is 2.54. The highest BCUT2D eigenvalue weighted by atomic mass is 16.6. The van der Waals surface area contributed by atoms with E-state index in [9.17, 15) is 15.2 Å². The summed E-state index contributed by atoms with van der Waals surface area (Å²) in [6.45, 7) is 0.816. The second kappa shape index (κ2) is 7.55. The van der Waals surface area contributed by atoms with E-state index in [4.69, 9.17) is 9.47 Å². The third-order valence-corrected chi connectivity index (χ3v) is 2.54. The average Bonchev–Trinajstić information content (AvgIpc) is 2.38. The van der Waals surface area contributed by atoms with Crippen molar-refractivity contribution in [3.05, 3.63) is 28.3 Å². The number of rotatable bonds is 8. The van der Waals surface area contributed by atoms with Crippen LogP contribution in [0.25, 0.3) is 0 Å². The molecule has 0 fully saturated rings. The van der Waals surface area contributed by atoms with Gasteiger partial charge in [-0.25, -0.2) is 0 Å². The molecule has 0 aliphatic carbocycles. The molecule has 1 aromatic carbocycles. The average molecular weight is 270 g/mol. The minimum Gasteiger partial charge on any atom is -0.490 e. The molecule has 1 aromatic rings. The summed E-state index contributed by atoms with van der Waals surface area (Å²) in [6.07, 6.45) is -0.00917. The normalized spacial score (nSPS) is 11.9. The summed E-state index contributed by atoms with van der Waals surface area (Å²) in [5.74, 6) is 0.201. The van der Waals surface area contributed by atoms with Crippen molar-refractivity contribution in [2.75, 3.05) is 32.7 Å². The van der Waals surface area contributed by atoms with Gasteiger partial charge in [0.05, 0.1) is 24.7 Å². The summed E-state index contributed by atoms with van der Waals surface area (Å²) < 4.78 is 9.77. The zero-order chi connectivity index (χ0) is 14.3. The Balaban J connectivity index is 2.58. The van der Waals surface area contributed by atoms with Crippen LogP contribution in [0.1, 0.15) is 6.42 Å². The summed E-state index contributed by atoms with van der Waals surface area (Å²) in [5.41, 5.74) is 0.625. The fourth-order valence-corrected chi connectivity index (χ4v) is 1.60. The zero-order valence-corrected chi connectivity index (χ0v) is 11.0. The van der Waals surface area contributed by atoms with Gasteiger partial charge in [0.25, 0.3) is 0 Å². The highest BCUT2D eigenvalue weighted by molar-refractivity contribution is 5.57. The highest BCUT2D eigenvalue weighted by Crippen LogP contribution is 2.29. The van der Waals surface area contributed by atoms with Crippen LogP contribution >= 0.6 is 0 Å². The first-order valence-electron chi connectivity index (χ1n) is 5.81. The lowest BCUT2D eigenvalue weighted by Gasteiger charge is -2.11. The molecular formula is C12H18N2O5. The van der Waals surface area contributed by atoms with Gasteiger partial charge >= 0.3 is 5.69 Å². The fourth-order valence-electron chi connectivity index (χ4n) is 1.60. The van der Waals surface area contributed by atoms with E-state index >= 15 is 0 Å². The molecule has 0 bridgehead atoms. The van der Waals surface area contributed by atoms with Gasteiger partial charge < -0.3 is 19.9 Å². The van der Waals surface area contributed by atoms with E-state index in [-0.39, 0.29) is 18.0 Å². The largest absolute Gasteiger partial charge is 0.490 e. The Bertz CT molecular complexity index is 425. The molecule has 1 unspecified atom stereocenters. The van der Waals surface area contributed by atoms with Crippen LogP contribution in [0.3, 0.4) is 0 Å². The molecule has 1 atom stereocenters. The number of hydrogen-bond donors (Lipinski definition) is 2. The number of nitro groups is 1. The molecule has 0 heterocycles. The van der Waals surface area contributed by atoms with Gasteiger partial charge in [0.1, 0.15) is 0 Å². The van der Waals surface area contributed by atoms with E-state index in [0.717, 1.165) is 0 Å². The number of anilines is 1. The van der Waals surface area contributed by atoms with E-state index in [1.807, 2.05) is 0 Å². The lowest BCUT2D eigenvalue weighted by atomic mass is 10.2. The number of aliphatic hydroxyl groups excluding tert-OH is 1. The van der Waals surface area contributed by atoms with Crippen LogP contribution in [0.5, 0.6) is 5.75 Å². The summed E-state index contributed by atoms with van der Waals surface area (Å²) >= 11 is 0. The Kier molecular flexibility index (Phi) is 6.04. The zero-order valence-electron chi connectivity index (χ0n) is 11.0. The number of nitrogens with zero attached hydrogens (tertiary/aromatic N) is 1. The quantitative estimate of drug-likeness (QED) is 0.548. The number of nitro benzene ring substituents is 1. The van der Waals surface area contributed by atoms with E-state index in [0.29, 0.717) is 18.7 Å². The summed E-state index contributed by atoms with van der Waals surface area (Å²) in [5, 5.41) is 23.2. The van der Waals surface area contributed by atoms with Crippen molar-refractivity contribution in [3.8, 4) is 5.75 Å². The maximum Gasteiger partial charge on any atom is 0.311 e. The van der Waals surface area contributed by atoms with Crippen molar-refractivity contribution >= 4 is 11.4 Å². The summed E-state index contributed by atoms with van der Waals surface area (Å²) in [4.78, 5) is 10.2. The van der Waals surface area contributed by atoms with E-state index in [2.05, 4.69) is 5.32 Å². The number of methoxy groups -OCH3 is 2. The second-order valence-electron chi connectivity index (χ2n) is 3.97. The first-order chi connectivity index (χ1) is 9.08. The van der Waals surface area contributed by atoms with Crippen LogP contribution in [0.15, 0.2) is 18.2 Å². The Morgan fingerprint density at radius 3 is 2.79 bits per heavy atom. The molecule has 0 aliphatic heterocycles. The first-order valence-corrected chi connectivity index (χ1v) is 5.81. The van der Waals surface area contributed by atoms with Gasteiger partial charge in [0, 0.05) is 31.5 Å². The van der Waals surface area contributed by atoms with Crippen LogP contribution < -0.4 is 10.1 Å². The van der Waals surface area contributed by atoms with Crippen LogP contribution in [0.2, 0.25) is 0 Å². The number of benzene rings is 1. The number of nitrogens with one attached hydrogen (secondary N) is 1. The Morgan fingerprint density at radius 1 is 1.47 bits per heavy atom. The fraction of sp³-hybridized carbons (Fsp3) is 0.500. The van der Waals surface area contributed by atoms with Gasteiger partial charge in [0.2, 0.25) is 0 Å². The predicted molar refractivity (Wildman–Crippen MR) is 70.6 cm³/mol. The maximum atomic E-state index is 10.7. The minimum atomic E-state index is -0.530. The van der Waals surface area contributed by atoms with E-state index in [1.165, 1.54) is 20.3 Å². The smallest absolute Gasteiger partial charge is 0.311 e. The molecule has 0 spiro atoms. The molecule has 0 radical (unpaired) electrons. The van der Waals surface area contributed by atoms with Gasteiger partial charge in [0.15, 0.2) is 5.75 Å². The molecular weight excluding hydrogens is 252 g/mol. The molecule has 0 aliphatic rings. The summed E-state index contributed by atoms with van der Waals surface area (Å²) in [6, 6.07) is 4.54. The molecule has 0 amide bonds. The second-order valence-corrected chi connectivity index (χ2v) is 3.97. The monoisotopic (exact) mass is 270 g/mol. The third kappa shape index (κ3) is 4.72. The molecule has 2 N–H and O–H groups in total. The van der Waals surface area contributed by atoms with Crippen molar-refractivity contribution in [2.45, 2.75) is 12.5 Å². The van der Waals surface area contributed by atoms with Crippen molar-refractivity contribution < 1.29 is 19.5 Å². The molecule has 106 valence electrons. The summed E-state index contributed by atoms with van der Waals surface area (Å²) in [7, 11) is 2.91. The predicted octanol–water partition coefficient (Wildman–Crippen LogP) is 1.41. The van der Waals surface area contributed by atoms with Gasteiger partial charge in [-0.3, -0.25) is 10.1 Å². The molecule has 19 heavy (non-hydrogen) atoms. The van der Waals surface area contributed by atoms with Crippen molar-refractivity contribution in [3.63, 3.8) is 0 Å². The van der Waals surface area contributed by atoms with Gasteiger partial charge in [-0.15, -0.1) is 0 Å². The van der Waals surface area contributed by atoms with Crippen LogP contribution in [-0.2, 0) is 4.74 Å². The SMILES string of the molecule is COCC(O)CCNc1ccc([N+](=O)[O-])c(OC)c1. The molecule has 0 saturated carbocycles. The number of aliphatic hydroxyl groups is 1. The standard InChI is InChI=1S/C12H18N2O5/c1-18-8-10(15)5-6-13-9-3-4-11(14(16)17)12(7-9)19-2/h3-4,7,10,13,15H,5-6,8H2,1-2H3. The lowest BCUT2D eigenvalue weighted by molar-refractivity contribution is -0.385. The topological polar surface area (TPSA) is 93.9 Å². The number of ether oxygens (including phenoxy) is 2. The van der Waals surface area contributed by atoms with Gasteiger partial charge in [-0.2, -0.15) is 0 Å². The Labute approximate surface area is 111 Å². The number of hydrogen-bond acceptors (Lipinski definition) is 6. The molecule has 7 nitrogen and oxygen atoms in total. The Hall–Kier alpha value is -1.86. The minimum absolute atomic E-state index is 0.0764.